The van der Waals surface area contributed by atoms with E-state index < -0.39 is 8.32 Å². The van der Waals surface area contributed by atoms with E-state index in [1.165, 1.54) is 0 Å². The molecule has 2 rings (SSSR count). The normalized spacial score (nSPS) is 11.8. The van der Waals surface area contributed by atoms with Gasteiger partial charge in [0, 0.05) is 6.20 Å². The first-order valence-electron chi connectivity index (χ1n) is 6.69. The van der Waals surface area contributed by atoms with E-state index in [1.807, 2.05) is 43.3 Å². The Bertz CT molecular complexity index is 604. The molecule has 0 saturated heterocycles. The number of para-hydroxylation sites is 1. The van der Waals surface area contributed by atoms with E-state index in [2.05, 4.69) is 29.6 Å². The first kappa shape index (κ1) is 14.5. The Morgan fingerprint density at radius 3 is 2.55 bits per heavy atom. The molecule has 0 bridgehead atoms. The predicted molar refractivity (Wildman–Crippen MR) is 86.6 cm³/mol. The molecular weight excluding hydrogens is 264 g/mol. The maximum atomic E-state index is 6.11. The fourth-order valence-corrected chi connectivity index (χ4v) is 2.62. The highest BCUT2D eigenvalue weighted by Gasteiger charge is 2.18. The molecule has 2 aromatic rings. The van der Waals surface area contributed by atoms with Crippen molar-refractivity contribution in [2.75, 3.05) is 0 Å². The summed E-state index contributed by atoms with van der Waals surface area (Å²) >= 11 is 0. The number of rotatable bonds is 4. The Kier molecular flexibility index (Phi) is 4.34. The van der Waals surface area contributed by atoms with Gasteiger partial charge in [0.1, 0.15) is 11.4 Å². The predicted octanol–water partition coefficient (Wildman–Crippen LogP) is 4.35. The highest BCUT2D eigenvalue weighted by Crippen LogP contribution is 2.32. The number of nitrogens with zero attached hydrogens (tertiary/aromatic N) is 2. The Balaban J connectivity index is 2.33. The molecule has 3 nitrogen and oxygen atoms in total. The molecule has 0 atom stereocenters. The zero-order chi connectivity index (χ0) is 14.6. The van der Waals surface area contributed by atoms with E-state index in [9.17, 15) is 0 Å². The summed E-state index contributed by atoms with van der Waals surface area (Å²) < 4.78 is 6.11. The van der Waals surface area contributed by atoms with Crippen LogP contribution < -0.4 is 4.43 Å². The smallest absolute Gasteiger partial charge is 0.242 e. The van der Waals surface area contributed by atoms with Gasteiger partial charge in [-0.15, -0.1) is 0 Å². The number of aromatic nitrogens is 1. The van der Waals surface area contributed by atoms with E-state index in [1.54, 1.807) is 12.4 Å². The molecule has 0 spiro atoms. The van der Waals surface area contributed by atoms with Crippen LogP contribution in [-0.4, -0.2) is 19.5 Å². The average molecular weight is 284 g/mol. The van der Waals surface area contributed by atoms with Crippen LogP contribution in [0.4, 0.5) is 5.69 Å². The van der Waals surface area contributed by atoms with E-state index in [4.69, 9.17) is 4.43 Å². The molecular formula is C16H20N2OSi. The van der Waals surface area contributed by atoms with Crippen molar-refractivity contribution in [3.8, 4) is 5.75 Å². The minimum Gasteiger partial charge on any atom is -0.543 e. The molecule has 0 radical (unpaired) electrons. The highest BCUT2D eigenvalue weighted by atomic mass is 28.4. The molecule has 0 aliphatic rings. The monoisotopic (exact) mass is 284 g/mol. The molecule has 1 aromatic heterocycles. The van der Waals surface area contributed by atoms with E-state index in [-0.39, 0.29) is 0 Å². The van der Waals surface area contributed by atoms with Gasteiger partial charge in [0.05, 0.1) is 11.9 Å². The molecule has 0 fully saturated rings. The van der Waals surface area contributed by atoms with Crippen LogP contribution in [0.15, 0.2) is 47.6 Å². The van der Waals surface area contributed by atoms with Gasteiger partial charge in [0.25, 0.3) is 0 Å². The summed E-state index contributed by atoms with van der Waals surface area (Å²) in [6, 6.07) is 11.8. The van der Waals surface area contributed by atoms with E-state index in [0.717, 1.165) is 22.7 Å². The fourth-order valence-electron chi connectivity index (χ4n) is 1.79. The third-order valence-electron chi connectivity index (χ3n) is 2.63. The Morgan fingerprint density at radius 2 is 1.90 bits per heavy atom. The van der Waals surface area contributed by atoms with Gasteiger partial charge < -0.3 is 4.43 Å². The van der Waals surface area contributed by atoms with E-state index >= 15 is 0 Å². The molecule has 1 aromatic carbocycles. The van der Waals surface area contributed by atoms with Gasteiger partial charge in [-0.1, -0.05) is 18.2 Å². The van der Waals surface area contributed by atoms with Crippen molar-refractivity contribution >= 4 is 20.2 Å². The first-order valence-corrected chi connectivity index (χ1v) is 10.1. The quantitative estimate of drug-likeness (QED) is 0.618. The van der Waals surface area contributed by atoms with Crippen molar-refractivity contribution in [1.29, 1.82) is 0 Å². The maximum absolute atomic E-state index is 6.11. The van der Waals surface area contributed by atoms with Crippen LogP contribution in [-0.2, 0) is 0 Å². The molecule has 20 heavy (non-hydrogen) atoms. The zero-order valence-corrected chi connectivity index (χ0v) is 13.4. The van der Waals surface area contributed by atoms with Gasteiger partial charge in [-0.25, -0.2) is 0 Å². The van der Waals surface area contributed by atoms with Gasteiger partial charge in [0.2, 0.25) is 8.32 Å². The molecule has 0 unspecified atom stereocenters. The standard InChI is InChI=1S/C16H20N2OSi/c1-13-8-7-10-15(19-20(2,3)4)16(13)18-12-14-9-5-6-11-17-14/h5-12H,1-4H3/b18-12+. The lowest BCUT2D eigenvalue weighted by atomic mass is 10.2. The Hall–Kier alpha value is -1.94. The van der Waals surface area contributed by atoms with Crippen molar-refractivity contribution in [2.45, 2.75) is 26.6 Å². The third-order valence-corrected chi connectivity index (χ3v) is 3.46. The van der Waals surface area contributed by atoms with Crippen molar-refractivity contribution in [3.05, 3.63) is 53.9 Å². The second-order valence-corrected chi connectivity index (χ2v) is 10.1. The molecule has 1 heterocycles. The lowest BCUT2D eigenvalue weighted by Crippen LogP contribution is -2.29. The minimum atomic E-state index is -1.65. The second kappa shape index (κ2) is 6.01. The summed E-state index contributed by atoms with van der Waals surface area (Å²) in [5.41, 5.74) is 2.84. The molecule has 0 amide bonds. The van der Waals surface area contributed by atoms with Gasteiger partial charge in [-0.3, -0.25) is 9.98 Å². The second-order valence-electron chi connectivity index (χ2n) is 5.65. The average Bonchev–Trinajstić information content (AvgIpc) is 2.37. The molecule has 4 heteroatoms. The van der Waals surface area contributed by atoms with Crippen LogP contribution in [0.3, 0.4) is 0 Å². The summed E-state index contributed by atoms with van der Waals surface area (Å²) in [4.78, 5) is 8.82. The summed E-state index contributed by atoms with van der Waals surface area (Å²) in [5.74, 6) is 0.858. The SMILES string of the molecule is Cc1cccc(O[Si](C)(C)C)c1/N=C/c1ccccn1. The number of aryl methyl sites for hydroxylation is 1. The number of hydrogen-bond donors (Lipinski definition) is 0. The Morgan fingerprint density at radius 1 is 1.10 bits per heavy atom. The largest absolute Gasteiger partial charge is 0.543 e. The maximum Gasteiger partial charge on any atom is 0.242 e. The van der Waals surface area contributed by atoms with E-state index in [0.29, 0.717) is 0 Å². The number of aliphatic imine (C=N–C) groups is 1. The minimum absolute atomic E-state index is 0.842. The van der Waals surface area contributed by atoms with Crippen LogP contribution in [0, 0.1) is 6.92 Å². The van der Waals surface area contributed by atoms with Crippen molar-refractivity contribution in [2.24, 2.45) is 4.99 Å². The van der Waals surface area contributed by atoms with Crippen LogP contribution in [0.2, 0.25) is 19.6 Å². The Labute approximate surface area is 121 Å². The third kappa shape index (κ3) is 4.03. The molecule has 0 saturated carbocycles. The molecule has 0 N–H and O–H groups in total. The molecule has 104 valence electrons. The number of pyridine rings is 1. The van der Waals surface area contributed by atoms with Crippen LogP contribution >= 0.6 is 0 Å². The number of hydrogen-bond acceptors (Lipinski definition) is 3. The van der Waals surface area contributed by atoms with Crippen LogP contribution in [0.1, 0.15) is 11.3 Å². The van der Waals surface area contributed by atoms with Gasteiger partial charge in [-0.2, -0.15) is 0 Å². The molecule has 0 aliphatic carbocycles. The van der Waals surface area contributed by atoms with Gasteiger partial charge in [0.15, 0.2) is 0 Å². The highest BCUT2D eigenvalue weighted by molar-refractivity contribution is 6.70. The van der Waals surface area contributed by atoms with Crippen LogP contribution in [0.5, 0.6) is 5.75 Å². The van der Waals surface area contributed by atoms with Crippen molar-refractivity contribution < 1.29 is 4.43 Å². The summed E-state index contributed by atoms with van der Waals surface area (Å²) in [6.45, 7) is 8.55. The van der Waals surface area contributed by atoms with Crippen molar-refractivity contribution in [1.82, 2.24) is 4.98 Å². The topological polar surface area (TPSA) is 34.5 Å². The van der Waals surface area contributed by atoms with Gasteiger partial charge >= 0.3 is 0 Å². The summed E-state index contributed by atoms with van der Waals surface area (Å²) in [5, 5.41) is 0. The summed E-state index contributed by atoms with van der Waals surface area (Å²) in [6.07, 6.45) is 3.54. The van der Waals surface area contributed by atoms with Crippen LogP contribution in [0.25, 0.3) is 0 Å². The van der Waals surface area contributed by atoms with Crippen molar-refractivity contribution in [3.63, 3.8) is 0 Å². The zero-order valence-electron chi connectivity index (χ0n) is 12.4. The van der Waals surface area contributed by atoms with Gasteiger partial charge in [-0.05, 0) is 50.3 Å². The number of benzene rings is 1. The fraction of sp³-hybridized carbons (Fsp3) is 0.250. The first-order chi connectivity index (χ1) is 9.46. The summed E-state index contributed by atoms with van der Waals surface area (Å²) in [7, 11) is -1.65. The molecule has 0 aliphatic heterocycles. The lowest BCUT2D eigenvalue weighted by molar-refractivity contribution is 0.558. The lowest BCUT2D eigenvalue weighted by Gasteiger charge is -2.21.